The van der Waals surface area contributed by atoms with Gasteiger partial charge in [0.1, 0.15) is 5.75 Å². The van der Waals surface area contributed by atoms with E-state index in [4.69, 9.17) is 9.72 Å². The first-order chi connectivity index (χ1) is 11.7. The summed E-state index contributed by atoms with van der Waals surface area (Å²) in [6.07, 6.45) is 3.18. The summed E-state index contributed by atoms with van der Waals surface area (Å²) in [5.74, 6) is 1.95. The molecule has 0 radical (unpaired) electrons. The van der Waals surface area contributed by atoms with Crippen molar-refractivity contribution in [2.45, 2.75) is 52.7 Å². The van der Waals surface area contributed by atoms with Crippen LogP contribution in [-0.4, -0.2) is 9.55 Å². The number of unbranched alkanes of at least 4 members (excludes halogenated alkanes) is 1. The number of ether oxygens (including phenoxy) is 1. The number of rotatable bonds is 7. The van der Waals surface area contributed by atoms with Gasteiger partial charge in [0.15, 0.2) is 11.9 Å². The lowest BCUT2D eigenvalue weighted by molar-refractivity contribution is 0.186. The SMILES string of the molecule is CCCCn1c(C(CC)Oc2cccc(C)c2)nc2ccccc21. The van der Waals surface area contributed by atoms with E-state index in [2.05, 4.69) is 55.7 Å². The highest BCUT2D eigenvalue weighted by molar-refractivity contribution is 5.76. The van der Waals surface area contributed by atoms with Crippen molar-refractivity contribution in [1.29, 1.82) is 0 Å². The Morgan fingerprint density at radius 2 is 1.92 bits per heavy atom. The molecule has 0 aliphatic heterocycles. The van der Waals surface area contributed by atoms with E-state index < -0.39 is 0 Å². The summed E-state index contributed by atoms with van der Waals surface area (Å²) in [5.41, 5.74) is 3.46. The molecular formula is C21H26N2O. The first-order valence-corrected chi connectivity index (χ1v) is 8.91. The molecule has 1 atom stereocenters. The van der Waals surface area contributed by atoms with Gasteiger partial charge in [-0.1, -0.05) is 44.5 Å². The lowest BCUT2D eigenvalue weighted by Gasteiger charge is -2.19. The summed E-state index contributed by atoms with van der Waals surface area (Å²) in [6.45, 7) is 7.45. The molecule has 3 aromatic rings. The fourth-order valence-electron chi connectivity index (χ4n) is 3.06. The average Bonchev–Trinajstić information content (AvgIpc) is 2.96. The molecule has 3 heteroatoms. The fraction of sp³-hybridized carbons (Fsp3) is 0.381. The number of aromatic nitrogens is 2. The van der Waals surface area contributed by atoms with E-state index in [1.807, 2.05) is 18.2 Å². The maximum atomic E-state index is 6.30. The third-order valence-electron chi connectivity index (χ3n) is 4.35. The van der Waals surface area contributed by atoms with Gasteiger partial charge in [-0.3, -0.25) is 0 Å². The summed E-state index contributed by atoms with van der Waals surface area (Å²) in [7, 11) is 0. The van der Waals surface area contributed by atoms with Crippen LogP contribution in [0, 0.1) is 6.92 Å². The molecule has 0 bridgehead atoms. The van der Waals surface area contributed by atoms with Crippen LogP contribution in [0.1, 0.15) is 50.6 Å². The predicted octanol–water partition coefficient (Wildman–Crippen LogP) is 5.67. The van der Waals surface area contributed by atoms with Crippen molar-refractivity contribution in [2.75, 3.05) is 0 Å². The van der Waals surface area contributed by atoms with Crippen molar-refractivity contribution in [3.63, 3.8) is 0 Å². The minimum absolute atomic E-state index is 0.0314. The summed E-state index contributed by atoms with van der Waals surface area (Å²) >= 11 is 0. The van der Waals surface area contributed by atoms with Gasteiger partial charge in [0.05, 0.1) is 11.0 Å². The molecule has 1 heterocycles. The highest BCUT2D eigenvalue weighted by atomic mass is 16.5. The smallest absolute Gasteiger partial charge is 0.156 e. The Morgan fingerprint density at radius 1 is 1.08 bits per heavy atom. The number of fused-ring (bicyclic) bond motifs is 1. The van der Waals surface area contributed by atoms with E-state index in [9.17, 15) is 0 Å². The predicted molar refractivity (Wildman–Crippen MR) is 99.5 cm³/mol. The van der Waals surface area contributed by atoms with Gasteiger partial charge in [-0.25, -0.2) is 4.98 Å². The van der Waals surface area contributed by atoms with E-state index in [0.717, 1.165) is 36.5 Å². The molecule has 0 spiro atoms. The van der Waals surface area contributed by atoms with Gasteiger partial charge in [-0.05, 0) is 49.6 Å². The third kappa shape index (κ3) is 3.45. The highest BCUT2D eigenvalue weighted by Crippen LogP contribution is 2.28. The second-order valence-electron chi connectivity index (χ2n) is 6.30. The highest BCUT2D eigenvalue weighted by Gasteiger charge is 2.20. The first-order valence-electron chi connectivity index (χ1n) is 8.91. The minimum atomic E-state index is -0.0314. The zero-order valence-electron chi connectivity index (χ0n) is 14.8. The van der Waals surface area contributed by atoms with Crippen LogP contribution >= 0.6 is 0 Å². The number of nitrogens with zero attached hydrogens (tertiary/aromatic N) is 2. The molecule has 1 aromatic heterocycles. The van der Waals surface area contributed by atoms with Crippen molar-refractivity contribution < 1.29 is 4.74 Å². The Kier molecular flexibility index (Phi) is 5.19. The Bertz CT molecular complexity index is 806. The molecule has 3 rings (SSSR count). The molecule has 0 N–H and O–H groups in total. The maximum absolute atomic E-state index is 6.30. The second-order valence-corrected chi connectivity index (χ2v) is 6.30. The number of para-hydroxylation sites is 2. The minimum Gasteiger partial charge on any atom is -0.483 e. The monoisotopic (exact) mass is 322 g/mol. The quantitative estimate of drug-likeness (QED) is 0.560. The number of hydrogen-bond acceptors (Lipinski definition) is 2. The van der Waals surface area contributed by atoms with E-state index >= 15 is 0 Å². The van der Waals surface area contributed by atoms with E-state index in [1.54, 1.807) is 0 Å². The van der Waals surface area contributed by atoms with Crippen LogP contribution in [0.3, 0.4) is 0 Å². The average molecular weight is 322 g/mol. The molecule has 0 aliphatic rings. The molecule has 0 amide bonds. The van der Waals surface area contributed by atoms with Crippen molar-refractivity contribution >= 4 is 11.0 Å². The Hall–Kier alpha value is -2.29. The van der Waals surface area contributed by atoms with Crippen LogP contribution in [0.2, 0.25) is 0 Å². The largest absolute Gasteiger partial charge is 0.483 e. The lowest BCUT2D eigenvalue weighted by Crippen LogP contribution is -2.14. The molecule has 0 fully saturated rings. The van der Waals surface area contributed by atoms with E-state index in [1.165, 1.54) is 17.5 Å². The number of aryl methyl sites for hydroxylation is 2. The molecule has 1 unspecified atom stereocenters. The number of imidazole rings is 1. The zero-order valence-corrected chi connectivity index (χ0v) is 14.8. The van der Waals surface area contributed by atoms with Gasteiger partial charge in [0.2, 0.25) is 0 Å². The summed E-state index contributed by atoms with van der Waals surface area (Å²) in [4.78, 5) is 4.89. The van der Waals surface area contributed by atoms with E-state index in [-0.39, 0.29) is 6.10 Å². The maximum Gasteiger partial charge on any atom is 0.156 e. The second kappa shape index (κ2) is 7.52. The van der Waals surface area contributed by atoms with Crippen LogP contribution in [0.5, 0.6) is 5.75 Å². The molecule has 126 valence electrons. The van der Waals surface area contributed by atoms with Gasteiger partial charge >= 0.3 is 0 Å². The van der Waals surface area contributed by atoms with Gasteiger partial charge in [-0.15, -0.1) is 0 Å². The molecule has 0 saturated heterocycles. The molecule has 3 nitrogen and oxygen atoms in total. The molecule has 0 aliphatic carbocycles. The summed E-state index contributed by atoms with van der Waals surface area (Å²) < 4.78 is 8.63. The summed E-state index contributed by atoms with van der Waals surface area (Å²) in [5, 5.41) is 0. The Morgan fingerprint density at radius 3 is 2.67 bits per heavy atom. The van der Waals surface area contributed by atoms with Gasteiger partial charge < -0.3 is 9.30 Å². The van der Waals surface area contributed by atoms with Crippen LogP contribution < -0.4 is 4.74 Å². The van der Waals surface area contributed by atoms with Gasteiger partial charge in [-0.2, -0.15) is 0 Å². The fourth-order valence-corrected chi connectivity index (χ4v) is 3.06. The molecular weight excluding hydrogens is 296 g/mol. The van der Waals surface area contributed by atoms with Crippen molar-refractivity contribution in [1.82, 2.24) is 9.55 Å². The van der Waals surface area contributed by atoms with Crippen LogP contribution in [-0.2, 0) is 6.54 Å². The van der Waals surface area contributed by atoms with Crippen molar-refractivity contribution in [3.8, 4) is 5.75 Å². The summed E-state index contributed by atoms with van der Waals surface area (Å²) in [6, 6.07) is 16.6. The Balaban J connectivity index is 1.98. The molecule has 2 aromatic carbocycles. The van der Waals surface area contributed by atoms with Gasteiger partial charge in [0, 0.05) is 6.54 Å². The Labute approximate surface area is 144 Å². The van der Waals surface area contributed by atoms with Crippen molar-refractivity contribution in [2.24, 2.45) is 0 Å². The van der Waals surface area contributed by atoms with Crippen LogP contribution in [0.4, 0.5) is 0 Å². The van der Waals surface area contributed by atoms with Crippen molar-refractivity contribution in [3.05, 3.63) is 59.9 Å². The number of benzene rings is 2. The van der Waals surface area contributed by atoms with Crippen LogP contribution in [0.25, 0.3) is 11.0 Å². The standard InChI is InChI=1S/C21H26N2O/c1-4-6-14-23-19-13-8-7-12-18(19)22-21(23)20(5-2)24-17-11-9-10-16(3)15-17/h7-13,15,20H,4-6,14H2,1-3H3. The zero-order chi connectivity index (χ0) is 16.9. The normalized spacial score (nSPS) is 12.5. The third-order valence-corrected chi connectivity index (χ3v) is 4.35. The first kappa shape index (κ1) is 16.6. The van der Waals surface area contributed by atoms with Gasteiger partial charge in [0.25, 0.3) is 0 Å². The lowest BCUT2D eigenvalue weighted by atomic mass is 10.2. The number of hydrogen-bond donors (Lipinski definition) is 0. The van der Waals surface area contributed by atoms with E-state index in [0.29, 0.717) is 0 Å². The topological polar surface area (TPSA) is 27.1 Å². The van der Waals surface area contributed by atoms with Crippen LogP contribution in [0.15, 0.2) is 48.5 Å². The molecule has 0 saturated carbocycles. The molecule has 24 heavy (non-hydrogen) atoms.